The fourth-order valence-corrected chi connectivity index (χ4v) is 0.453. The zero-order valence-corrected chi connectivity index (χ0v) is 8.94. The minimum absolute atomic E-state index is 0.169. The van der Waals surface area contributed by atoms with Crippen LogP contribution in [0.2, 0.25) is 0 Å². The molecule has 0 aliphatic rings. The number of benzene rings is 1. The first kappa shape index (κ1) is 18.5. The van der Waals surface area contributed by atoms with Crippen LogP contribution < -0.4 is 17.2 Å². The summed E-state index contributed by atoms with van der Waals surface area (Å²) < 4.78 is 0. The Kier molecular flexibility index (Phi) is 23.4. The third kappa shape index (κ3) is 13.3. The topological polar surface area (TPSA) is 119 Å². The lowest BCUT2D eigenvalue weighted by Crippen LogP contribution is -1.69. The number of nitrogens with two attached hydrogens (primary N) is 3. The van der Waals surface area contributed by atoms with E-state index in [9.17, 15) is 0 Å². The van der Waals surface area contributed by atoms with E-state index >= 15 is 0 Å². The second-order valence-electron chi connectivity index (χ2n) is 1.52. The van der Waals surface area contributed by atoms with Gasteiger partial charge in [-0.15, -0.1) is 0 Å². The maximum Gasteiger partial charge on any atom is 0.115 e. The molecule has 0 heterocycles. The molecule has 0 aliphatic carbocycles. The largest absolute Gasteiger partial charge is 0.508 e. The molecule has 0 saturated carbocycles. The third-order valence-corrected chi connectivity index (χ3v) is 0.850. The Balaban J connectivity index is -0.000000174. The molecule has 0 atom stereocenters. The maximum atomic E-state index is 8.65. The fraction of sp³-hybridized carbons (Fsp3) is 0.333. The van der Waals surface area contributed by atoms with Crippen LogP contribution >= 0.6 is 0 Å². The van der Waals surface area contributed by atoms with Crippen LogP contribution in [0.1, 0.15) is 0 Å². The number of rotatable bonds is 0. The number of aromatic hydroxyl groups is 2. The lowest BCUT2D eigenvalue weighted by atomic mass is 10.3. The van der Waals surface area contributed by atoms with Crippen molar-refractivity contribution in [2.75, 3.05) is 21.1 Å². The van der Waals surface area contributed by atoms with Gasteiger partial charge in [-0.1, -0.05) is 0 Å². The Labute approximate surface area is 85.2 Å². The first-order valence-corrected chi connectivity index (χ1v) is 4.00. The average Bonchev–Trinajstić information content (AvgIpc) is 2.31. The van der Waals surface area contributed by atoms with Crippen molar-refractivity contribution in [3.05, 3.63) is 24.3 Å². The monoisotopic (exact) mass is 203 g/mol. The van der Waals surface area contributed by atoms with Crippen LogP contribution in [0, 0.1) is 0 Å². The van der Waals surface area contributed by atoms with Crippen LogP contribution in [0.4, 0.5) is 0 Å². The predicted octanol–water partition coefficient (Wildman–Crippen LogP) is -0.177. The normalized spacial score (nSPS) is 6.43. The lowest BCUT2D eigenvalue weighted by molar-refractivity contribution is 0.460. The summed E-state index contributed by atoms with van der Waals surface area (Å²) in [5.74, 6) is 0.339. The standard InChI is InChI=1S/C6H6O2.3CH5N/c7-5-1-2-6(8)4-3-5;3*1-2/h1-4,7-8H;3*2H2,1H3. The van der Waals surface area contributed by atoms with Gasteiger partial charge in [0, 0.05) is 0 Å². The molecule has 14 heavy (non-hydrogen) atoms. The number of hydrogen-bond acceptors (Lipinski definition) is 5. The predicted molar refractivity (Wildman–Crippen MR) is 60.1 cm³/mol. The van der Waals surface area contributed by atoms with Crippen molar-refractivity contribution in [3.63, 3.8) is 0 Å². The van der Waals surface area contributed by atoms with E-state index in [2.05, 4.69) is 17.2 Å². The Morgan fingerprint density at radius 2 is 0.786 bits per heavy atom. The van der Waals surface area contributed by atoms with E-state index in [0.717, 1.165) is 0 Å². The van der Waals surface area contributed by atoms with Crippen LogP contribution in [0.15, 0.2) is 24.3 Å². The molecule has 5 nitrogen and oxygen atoms in total. The SMILES string of the molecule is CN.CN.CN.Oc1ccc(O)cc1. The van der Waals surface area contributed by atoms with E-state index in [1.165, 1.54) is 45.4 Å². The van der Waals surface area contributed by atoms with E-state index in [4.69, 9.17) is 10.2 Å². The lowest BCUT2D eigenvalue weighted by Gasteiger charge is -1.88. The Morgan fingerprint density at radius 1 is 0.643 bits per heavy atom. The van der Waals surface area contributed by atoms with Gasteiger partial charge in [0.25, 0.3) is 0 Å². The third-order valence-electron chi connectivity index (χ3n) is 0.850. The molecule has 0 bridgehead atoms. The smallest absolute Gasteiger partial charge is 0.115 e. The van der Waals surface area contributed by atoms with E-state index in [1.54, 1.807) is 0 Å². The summed E-state index contributed by atoms with van der Waals surface area (Å²) in [7, 11) is 4.50. The minimum atomic E-state index is 0.169. The quantitative estimate of drug-likeness (QED) is 0.375. The summed E-state index contributed by atoms with van der Waals surface area (Å²) in [6.07, 6.45) is 0. The Hall–Kier alpha value is -1.30. The fourth-order valence-electron chi connectivity index (χ4n) is 0.453. The zero-order chi connectivity index (χ0) is 12.0. The molecule has 0 spiro atoms. The molecular weight excluding hydrogens is 182 g/mol. The van der Waals surface area contributed by atoms with Gasteiger partial charge in [-0.25, -0.2) is 0 Å². The maximum absolute atomic E-state index is 8.65. The van der Waals surface area contributed by atoms with Gasteiger partial charge in [0.1, 0.15) is 11.5 Å². The summed E-state index contributed by atoms with van der Waals surface area (Å²) >= 11 is 0. The molecule has 8 N–H and O–H groups in total. The van der Waals surface area contributed by atoms with E-state index in [0.29, 0.717) is 0 Å². The number of phenolic OH excluding ortho intramolecular Hbond substituents is 2. The second kappa shape index (κ2) is 17.7. The second-order valence-corrected chi connectivity index (χ2v) is 1.52. The first-order chi connectivity index (χ1) is 6.79. The van der Waals surface area contributed by atoms with E-state index in [-0.39, 0.29) is 11.5 Å². The first-order valence-electron chi connectivity index (χ1n) is 4.00. The zero-order valence-electron chi connectivity index (χ0n) is 8.94. The van der Waals surface area contributed by atoms with Crippen molar-refractivity contribution in [1.82, 2.24) is 0 Å². The van der Waals surface area contributed by atoms with Crippen LogP contribution in [0.3, 0.4) is 0 Å². The highest BCUT2D eigenvalue weighted by Crippen LogP contribution is 2.13. The molecule has 1 rings (SSSR count). The van der Waals surface area contributed by atoms with Gasteiger partial charge in [-0.3, -0.25) is 0 Å². The van der Waals surface area contributed by atoms with Crippen LogP contribution in [0.25, 0.3) is 0 Å². The van der Waals surface area contributed by atoms with Crippen molar-refractivity contribution in [2.45, 2.75) is 0 Å². The molecule has 5 heteroatoms. The van der Waals surface area contributed by atoms with Gasteiger partial charge in [-0.2, -0.15) is 0 Å². The molecule has 0 saturated heterocycles. The van der Waals surface area contributed by atoms with Gasteiger partial charge in [0.15, 0.2) is 0 Å². The van der Waals surface area contributed by atoms with Crippen molar-refractivity contribution in [1.29, 1.82) is 0 Å². The van der Waals surface area contributed by atoms with Crippen molar-refractivity contribution < 1.29 is 10.2 Å². The summed E-state index contributed by atoms with van der Waals surface area (Å²) in [5, 5.41) is 17.3. The molecule has 0 amide bonds. The van der Waals surface area contributed by atoms with Gasteiger partial charge in [0.2, 0.25) is 0 Å². The Bertz CT molecular complexity index is 157. The Morgan fingerprint density at radius 3 is 0.929 bits per heavy atom. The molecule has 1 aromatic rings. The highest BCUT2D eigenvalue weighted by atomic mass is 16.3. The van der Waals surface area contributed by atoms with Crippen LogP contribution in [-0.2, 0) is 0 Å². The van der Waals surface area contributed by atoms with Crippen molar-refractivity contribution >= 4 is 0 Å². The van der Waals surface area contributed by atoms with Crippen LogP contribution in [0.5, 0.6) is 11.5 Å². The van der Waals surface area contributed by atoms with Crippen molar-refractivity contribution in [3.8, 4) is 11.5 Å². The molecule has 1 aromatic carbocycles. The van der Waals surface area contributed by atoms with Gasteiger partial charge < -0.3 is 27.4 Å². The molecular formula is C9H21N3O2. The summed E-state index contributed by atoms with van der Waals surface area (Å²) in [6, 6.07) is 5.70. The highest BCUT2D eigenvalue weighted by Gasteiger charge is 1.84. The number of phenols is 2. The van der Waals surface area contributed by atoms with E-state index < -0.39 is 0 Å². The molecule has 0 aliphatic heterocycles. The number of hydrogen-bond donors (Lipinski definition) is 5. The van der Waals surface area contributed by atoms with E-state index in [1.807, 2.05) is 0 Å². The van der Waals surface area contributed by atoms with Gasteiger partial charge in [-0.05, 0) is 45.4 Å². The molecule has 0 fully saturated rings. The summed E-state index contributed by atoms with van der Waals surface area (Å²) in [5.41, 5.74) is 13.5. The molecule has 0 unspecified atom stereocenters. The molecule has 0 radical (unpaired) electrons. The van der Waals surface area contributed by atoms with Gasteiger partial charge in [0.05, 0.1) is 0 Å². The van der Waals surface area contributed by atoms with Gasteiger partial charge >= 0.3 is 0 Å². The molecule has 84 valence electrons. The summed E-state index contributed by atoms with van der Waals surface area (Å²) in [6.45, 7) is 0. The van der Waals surface area contributed by atoms with Crippen molar-refractivity contribution in [2.24, 2.45) is 17.2 Å². The summed E-state index contributed by atoms with van der Waals surface area (Å²) in [4.78, 5) is 0. The average molecular weight is 203 g/mol. The van der Waals surface area contributed by atoms with Crippen LogP contribution in [-0.4, -0.2) is 31.4 Å². The minimum Gasteiger partial charge on any atom is -0.508 e. The highest BCUT2D eigenvalue weighted by molar-refractivity contribution is 5.28. The molecule has 0 aromatic heterocycles.